The van der Waals surface area contributed by atoms with E-state index in [4.69, 9.17) is 9.47 Å². The Balaban J connectivity index is 2.10. The van der Waals surface area contributed by atoms with Gasteiger partial charge in [-0.05, 0) is 25.0 Å². The number of benzene rings is 1. The van der Waals surface area contributed by atoms with E-state index in [1.807, 2.05) is 31.3 Å². The van der Waals surface area contributed by atoms with E-state index in [9.17, 15) is 4.79 Å². The number of nitrogens with zero attached hydrogens (tertiary/aromatic N) is 1. The predicted octanol–water partition coefficient (Wildman–Crippen LogP) is 2.13. The van der Waals surface area contributed by atoms with Crippen LogP contribution in [0.5, 0.6) is 5.75 Å². The molecule has 0 radical (unpaired) electrons. The SMILES string of the molecule is COc1cccc(N(C)CC2(C=O)CCCOC2)c1. The maximum absolute atomic E-state index is 11.4. The van der Waals surface area contributed by atoms with Crippen LogP contribution in [0.3, 0.4) is 0 Å². The molecule has 1 atom stereocenters. The predicted molar refractivity (Wildman–Crippen MR) is 74.8 cm³/mol. The largest absolute Gasteiger partial charge is 0.497 e. The Bertz CT molecular complexity index is 427. The van der Waals surface area contributed by atoms with Gasteiger partial charge in [0.05, 0.1) is 19.1 Å². The summed E-state index contributed by atoms with van der Waals surface area (Å²) in [5.41, 5.74) is 0.668. The van der Waals surface area contributed by atoms with Crippen molar-refractivity contribution in [3.05, 3.63) is 24.3 Å². The summed E-state index contributed by atoms with van der Waals surface area (Å²) in [4.78, 5) is 13.5. The zero-order valence-electron chi connectivity index (χ0n) is 11.6. The van der Waals surface area contributed by atoms with E-state index in [0.717, 1.165) is 37.2 Å². The molecule has 4 heteroatoms. The number of ether oxygens (including phenoxy) is 2. The average Bonchev–Trinajstić information content (AvgIpc) is 2.48. The molecule has 0 amide bonds. The first kappa shape index (κ1) is 13.9. The van der Waals surface area contributed by atoms with Crippen LogP contribution in [0, 0.1) is 5.41 Å². The quantitative estimate of drug-likeness (QED) is 0.763. The second-order valence-corrected chi connectivity index (χ2v) is 5.19. The highest BCUT2D eigenvalue weighted by Crippen LogP contribution is 2.29. The minimum Gasteiger partial charge on any atom is -0.497 e. The summed E-state index contributed by atoms with van der Waals surface area (Å²) >= 11 is 0. The Morgan fingerprint density at radius 3 is 3.00 bits per heavy atom. The lowest BCUT2D eigenvalue weighted by atomic mass is 9.83. The fourth-order valence-corrected chi connectivity index (χ4v) is 2.54. The molecule has 0 spiro atoms. The van der Waals surface area contributed by atoms with Gasteiger partial charge in [-0.15, -0.1) is 0 Å². The van der Waals surface area contributed by atoms with Crippen LogP contribution in [0.1, 0.15) is 12.8 Å². The van der Waals surface area contributed by atoms with Crippen molar-refractivity contribution in [1.29, 1.82) is 0 Å². The molecule has 1 aromatic carbocycles. The van der Waals surface area contributed by atoms with Gasteiger partial charge in [-0.25, -0.2) is 0 Å². The Morgan fingerprint density at radius 1 is 1.53 bits per heavy atom. The summed E-state index contributed by atoms with van der Waals surface area (Å²) in [6.07, 6.45) is 2.90. The van der Waals surface area contributed by atoms with Crippen LogP contribution in [0.2, 0.25) is 0 Å². The van der Waals surface area contributed by atoms with Gasteiger partial charge in [-0.2, -0.15) is 0 Å². The van der Waals surface area contributed by atoms with Crippen molar-refractivity contribution in [3.8, 4) is 5.75 Å². The number of carbonyl (C=O) groups excluding carboxylic acids is 1. The van der Waals surface area contributed by atoms with Gasteiger partial charge in [-0.3, -0.25) is 0 Å². The smallest absolute Gasteiger partial charge is 0.130 e. The van der Waals surface area contributed by atoms with E-state index < -0.39 is 0 Å². The van der Waals surface area contributed by atoms with Crippen molar-refractivity contribution in [2.24, 2.45) is 5.41 Å². The normalized spacial score (nSPS) is 22.8. The van der Waals surface area contributed by atoms with Crippen LogP contribution < -0.4 is 9.64 Å². The van der Waals surface area contributed by atoms with Gasteiger partial charge in [0.2, 0.25) is 0 Å². The first-order valence-corrected chi connectivity index (χ1v) is 6.58. The number of methoxy groups -OCH3 is 1. The van der Waals surface area contributed by atoms with Crippen LogP contribution in [-0.4, -0.2) is 40.2 Å². The Morgan fingerprint density at radius 2 is 2.37 bits per heavy atom. The lowest BCUT2D eigenvalue weighted by Gasteiger charge is -2.36. The number of rotatable bonds is 5. The molecule has 0 aliphatic carbocycles. The number of hydrogen-bond acceptors (Lipinski definition) is 4. The summed E-state index contributed by atoms with van der Waals surface area (Å²) in [5, 5.41) is 0. The molecule has 1 saturated heterocycles. The molecule has 2 rings (SSSR count). The molecule has 0 saturated carbocycles. The molecule has 104 valence electrons. The number of hydrogen-bond donors (Lipinski definition) is 0. The number of anilines is 1. The van der Waals surface area contributed by atoms with Gasteiger partial charge in [0.15, 0.2) is 0 Å². The third-order valence-corrected chi connectivity index (χ3v) is 3.65. The second-order valence-electron chi connectivity index (χ2n) is 5.19. The van der Waals surface area contributed by atoms with Gasteiger partial charge in [0, 0.05) is 32.0 Å². The van der Waals surface area contributed by atoms with Crippen LogP contribution >= 0.6 is 0 Å². The molecular weight excluding hydrogens is 242 g/mol. The van der Waals surface area contributed by atoms with E-state index in [-0.39, 0.29) is 5.41 Å². The van der Waals surface area contributed by atoms with Crippen molar-refractivity contribution < 1.29 is 14.3 Å². The fourth-order valence-electron chi connectivity index (χ4n) is 2.54. The molecule has 1 aliphatic rings. The van der Waals surface area contributed by atoms with Crippen molar-refractivity contribution >= 4 is 12.0 Å². The lowest BCUT2D eigenvalue weighted by Crippen LogP contribution is -2.43. The Hall–Kier alpha value is -1.55. The van der Waals surface area contributed by atoms with Crippen LogP contribution in [0.4, 0.5) is 5.69 Å². The first-order chi connectivity index (χ1) is 9.19. The molecule has 0 bridgehead atoms. The highest BCUT2D eigenvalue weighted by molar-refractivity contribution is 5.62. The van der Waals surface area contributed by atoms with Crippen LogP contribution in [0.25, 0.3) is 0 Å². The van der Waals surface area contributed by atoms with Gasteiger partial charge < -0.3 is 19.2 Å². The maximum atomic E-state index is 11.4. The molecule has 4 nitrogen and oxygen atoms in total. The summed E-state index contributed by atoms with van der Waals surface area (Å²) in [5.74, 6) is 0.824. The summed E-state index contributed by atoms with van der Waals surface area (Å²) in [7, 11) is 3.65. The third-order valence-electron chi connectivity index (χ3n) is 3.65. The topological polar surface area (TPSA) is 38.8 Å². The summed E-state index contributed by atoms with van der Waals surface area (Å²) in [6, 6.07) is 7.86. The van der Waals surface area contributed by atoms with E-state index >= 15 is 0 Å². The zero-order valence-corrected chi connectivity index (χ0v) is 11.6. The fraction of sp³-hybridized carbons (Fsp3) is 0.533. The second kappa shape index (κ2) is 6.06. The zero-order chi connectivity index (χ0) is 13.7. The minimum absolute atomic E-state index is 0.379. The molecule has 1 fully saturated rings. The van der Waals surface area contributed by atoms with Gasteiger partial charge in [0.1, 0.15) is 12.0 Å². The Kier molecular flexibility index (Phi) is 4.43. The molecule has 1 aliphatic heterocycles. The maximum Gasteiger partial charge on any atom is 0.130 e. The first-order valence-electron chi connectivity index (χ1n) is 6.58. The van der Waals surface area contributed by atoms with E-state index in [0.29, 0.717) is 13.2 Å². The number of carbonyl (C=O) groups is 1. The van der Waals surface area contributed by atoms with E-state index in [1.54, 1.807) is 7.11 Å². The highest BCUT2D eigenvalue weighted by atomic mass is 16.5. The molecule has 1 aromatic rings. The summed E-state index contributed by atoms with van der Waals surface area (Å²) in [6.45, 7) is 1.95. The van der Waals surface area contributed by atoms with Crippen molar-refractivity contribution in [1.82, 2.24) is 0 Å². The molecule has 1 unspecified atom stereocenters. The van der Waals surface area contributed by atoms with Crippen molar-refractivity contribution in [2.75, 3.05) is 38.8 Å². The monoisotopic (exact) mass is 263 g/mol. The van der Waals surface area contributed by atoms with Gasteiger partial charge in [-0.1, -0.05) is 6.07 Å². The van der Waals surface area contributed by atoms with Crippen molar-refractivity contribution in [2.45, 2.75) is 12.8 Å². The molecular formula is C15H21NO3. The van der Waals surface area contributed by atoms with E-state index in [1.165, 1.54) is 0 Å². The molecule has 0 aromatic heterocycles. The lowest BCUT2D eigenvalue weighted by molar-refractivity contribution is -0.122. The van der Waals surface area contributed by atoms with Crippen LogP contribution in [-0.2, 0) is 9.53 Å². The minimum atomic E-state index is -0.379. The van der Waals surface area contributed by atoms with Crippen molar-refractivity contribution in [3.63, 3.8) is 0 Å². The Labute approximate surface area is 114 Å². The average molecular weight is 263 g/mol. The molecule has 0 N–H and O–H groups in total. The third kappa shape index (κ3) is 3.26. The molecule has 1 heterocycles. The van der Waals surface area contributed by atoms with Gasteiger partial charge in [0.25, 0.3) is 0 Å². The van der Waals surface area contributed by atoms with Crippen LogP contribution in [0.15, 0.2) is 24.3 Å². The number of aldehydes is 1. The standard InChI is InChI=1S/C15H21NO3/c1-16(13-5-3-6-14(9-13)18-2)10-15(11-17)7-4-8-19-12-15/h3,5-6,9,11H,4,7-8,10,12H2,1-2H3. The highest BCUT2D eigenvalue weighted by Gasteiger charge is 2.34. The van der Waals surface area contributed by atoms with E-state index in [2.05, 4.69) is 4.90 Å². The van der Waals surface area contributed by atoms with Gasteiger partial charge >= 0.3 is 0 Å². The summed E-state index contributed by atoms with van der Waals surface area (Å²) < 4.78 is 10.7. The molecule has 19 heavy (non-hydrogen) atoms.